The van der Waals surface area contributed by atoms with E-state index in [9.17, 15) is 4.79 Å². The molecule has 0 saturated carbocycles. The van der Waals surface area contributed by atoms with Crippen molar-refractivity contribution in [3.63, 3.8) is 0 Å². The van der Waals surface area contributed by atoms with Crippen molar-refractivity contribution in [2.24, 2.45) is 5.92 Å². The number of hydrogen-bond donors (Lipinski definition) is 1. The van der Waals surface area contributed by atoms with Crippen LogP contribution in [0, 0.1) is 5.92 Å². The molecule has 1 rings (SSSR count). The fraction of sp³-hybridized carbons (Fsp3) is 0.933. The maximum absolute atomic E-state index is 12.4. The Morgan fingerprint density at radius 3 is 2.65 bits per heavy atom. The van der Waals surface area contributed by atoms with Crippen molar-refractivity contribution in [2.45, 2.75) is 52.2 Å². The standard InChI is InChI=1S/C15H30N2O3/c1-5-6-7-13-15(18)17(14(16-13)12(2)3)8-9-20-11-10-19-4/h12-14,16H,5-11H2,1-4H3. The van der Waals surface area contributed by atoms with Gasteiger partial charge in [0.1, 0.15) is 0 Å². The van der Waals surface area contributed by atoms with E-state index in [0.29, 0.717) is 32.3 Å². The third kappa shape index (κ3) is 5.04. The lowest BCUT2D eigenvalue weighted by Crippen LogP contribution is -2.43. The van der Waals surface area contributed by atoms with Crippen LogP contribution in [0.5, 0.6) is 0 Å². The topological polar surface area (TPSA) is 50.8 Å². The van der Waals surface area contributed by atoms with Crippen LogP contribution in [0.1, 0.15) is 40.0 Å². The molecule has 1 aliphatic rings. The zero-order valence-corrected chi connectivity index (χ0v) is 13.4. The number of carbonyl (C=O) groups excluding carboxylic acids is 1. The summed E-state index contributed by atoms with van der Waals surface area (Å²) in [6.07, 6.45) is 3.28. The lowest BCUT2D eigenvalue weighted by atomic mass is 10.1. The monoisotopic (exact) mass is 286 g/mol. The third-order valence-electron chi connectivity index (χ3n) is 3.68. The molecule has 1 aliphatic heterocycles. The van der Waals surface area contributed by atoms with Crippen LogP contribution in [0.25, 0.3) is 0 Å². The number of carbonyl (C=O) groups is 1. The molecule has 0 spiro atoms. The molecule has 0 aromatic carbocycles. The van der Waals surface area contributed by atoms with Gasteiger partial charge in [-0.3, -0.25) is 10.1 Å². The van der Waals surface area contributed by atoms with Crippen LogP contribution in [-0.4, -0.2) is 56.5 Å². The third-order valence-corrected chi connectivity index (χ3v) is 3.68. The Balaban J connectivity index is 2.45. The number of rotatable bonds is 10. The van der Waals surface area contributed by atoms with Crippen LogP contribution >= 0.6 is 0 Å². The van der Waals surface area contributed by atoms with Gasteiger partial charge in [-0.1, -0.05) is 33.6 Å². The van der Waals surface area contributed by atoms with Crippen LogP contribution in [0.15, 0.2) is 0 Å². The van der Waals surface area contributed by atoms with Crippen molar-refractivity contribution >= 4 is 5.91 Å². The SMILES string of the molecule is CCCCC1NC(C(C)C)N(CCOCCOC)C1=O. The first-order chi connectivity index (χ1) is 9.61. The Hall–Kier alpha value is -0.650. The van der Waals surface area contributed by atoms with Crippen LogP contribution in [0.3, 0.4) is 0 Å². The van der Waals surface area contributed by atoms with E-state index in [1.165, 1.54) is 0 Å². The van der Waals surface area contributed by atoms with Gasteiger partial charge >= 0.3 is 0 Å². The molecule has 2 atom stereocenters. The number of nitrogens with zero attached hydrogens (tertiary/aromatic N) is 1. The van der Waals surface area contributed by atoms with Crippen LogP contribution in [-0.2, 0) is 14.3 Å². The van der Waals surface area contributed by atoms with Gasteiger partial charge in [0.25, 0.3) is 0 Å². The van der Waals surface area contributed by atoms with Gasteiger partial charge in [0, 0.05) is 13.7 Å². The van der Waals surface area contributed by atoms with Crippen LogP contribution in [0.2, 0.25) is 0 Å². The molecule has 1 saturated heterocycles. The van der Waals surface area contributed by atoms with Crippen LogP contribution in [0.4, 0.5) is 0 Å². The molecular weight excluding hydrogens is 256 g/mol. The Morgan fingerprint density at radius 2 is 2.05 bits per heavy atom. The van der Waals surface area contributed by atoms with E-state index in [1.54, 1.807) is 7.11 Å². The molecule has 0 radical (unpaired) electrons. The van der Waals surface area contributed by atoms with Gasteiger partial charge in [-0.25, -0.2) is 0 Å². The minimum atomic E-state index is -0.0127. The predicted molar refractivity (Wildman–Crippen MR) is 79.5 cm³/mol. The molecular formula is C15H30N2O3. The van der Waals surface area contributed by atoms with Gasteiger partial charge in [0.05, 0.1) is 32.0 Å². The fourth-order valence-electron chi connectivity index (χ4n) is 2.53. The van der Waals surface area contributed by atoms with Gasteiger partial charge in [-0.15, -0.1) is 0 Å². The summed E-state index contributed by atoms with van der Waals surface area (Å²) >= 11 is 0. The number of hydrogen-bond acceptors (Lipinski definition) is 4. The quantitative estimate of drug-likeness (QED) is 0.620. The summed E-state index contributed by atoms with van der Waals surface area (Å²) in [5, 5.41) is 3.47. The van der Waals surface area contributed by atoms with E-state index in [0.717, 1.165) is 19.3 Å². The summed E-state index contributed by atoms with van der Waals surface area (Å²) in [5.41, 5.74) is 0. The van der Waals surface area contributed by atoms with E-state index in [4.69, 9.17) is 9.47 Å². The number of unbranched alkanes of at least 4 members (excludes halogenated alkanes) is 1. The summed E-state index contributed by atoms with van der Waals surface area (Å²) in [7, 11) is 1.66. The predicted octanol–water partition coefficient (Wildman–Crippen LogP) is 1.62. The minimum absolute atomic E-state index is 0.0127. The maximum Gasteiger partial charge on any atom is 0.241 e. The number of nitrogens with one attached hydrogen (secondary N) is 1. The van der Waals surface area contributed by atoms with E-state index in [2.05, 4.69) is 26.1 Å². The molecule has 0 aliphatic carbocycles. The van der Waals surface area contributed by atoms with Crippen molar-refractivity contribution < 1.29 is 14.3 Å². The lowest BCUT2D eigenvalue weighted by Gasteiger charge is -2.27. The molecule has 0 aromatic rings. The van der Waals surface area contributed by atoms with E-state index >= 15 is 0 Å². The molecule has 1 fully saturated rings. The molecule has 0 bridgehead atoms. The molecule has 2 unspecified atom stereocenters. The number of methoxy groups -OCH3 is 1. The Bertz CT molecular complexity index is 284. The highest BCUT2D eigenvalue weighted by Crippen LogP contribution is 2.20. The van der Waals surface area contributed by atoms with Crippen LogP contribution < -0.4 is 5.32 Å². The highest BCUT2D eigenvalue weighted by atomic mass is 16.5. The van der Waals surface area contributed by atoms with Gasteiger partial charge in [-0.05, 0) is 12.3 Å². The minimum Gasteiger partial charge on any atom is -0.382 e. The molecule has 1 heterocycles. The first-order valence-electron chi connectivity index (χ1n) is 7.75. The smallest absolute Gasteiger partial charge is 0.241 e. The Morgan fingerprint density at radius 1 is 1.30 bits per heavy atom. The largest absolute Gasteiger partial charge is 0.382 e. The molecule has 1 amide bonds. The summed E-state index contributed by atoms with van der Waals surface area (Å²) in [6.45, 7) is 8.84. The summed E-state index contributed by atoms with van der Waals surface area (Å²) in [4.78, 5) is 14.4. The van der Waals surface area contributed by atoms with Gasteiger partial charge in [0.2, 0.25) is 5.91 Å². The molecule has 1 N–H and O–H groups in total. The van der Waals surface area contributed by atoms with Crippen molar-refractivity contribution in [3.05, 3.63) is 0 Å². The van der Waals surface area contributed by atoms with Crippen molar-refractivity contribution in [2.75, 3.05) is 33.5 Å². The average Bonchev–Trinajstić information content (AvgIpc) is 2.73. The number of ether oxygens (including phenoxy) is 2. The lowest BCUT2D eigenvalue weighted by molar-refractivity contribution is -0.131. The molecule has 5 heteroatoms. The first-order valence-corrected chi connectivity index (χ1v) is 7.75. The second-order valence-electron chi connectivity index (χ2n) is 5.69. The van der Waals surface area contributed by atoms with E-state index in [-0.39, 0.29) is 18.1 Å². The van der Waals surface area contributed by atoms with Gasteiger partial charge in [0.15, 0.2) is 0 Å². The second kappa shape index (κ2) is 9.32. The first kappa shape index (κ1) is 17.4. The maximum atomic E-state index is 12.4. The highest BCUT2D eigenvalue weighted by molar-refractivity contribution is 5.84. The van der Waals surface area contributed by atoms with Gasteiger partial charge < -0.3 is 14.4 Å². The normalized spacial score (nSPS) is 23.1. The average molecular weight is 286 g/mol. The molecule has 5 nitrogen and oxygen atoms in total. The second-order valence-corrected chi connectivity index (χ2v) is 5.69. The van der Waals surface area contributed by atoms with Gasteiger partial charge in [-0.2, -0.15) is 0 Å². The molecule has 0 aromatic heterocycles. The summed E-state index contributed by atoms with van der Waals surface area (Å²) < 4.78 is 10.4. The zero-order chi connectivity index (χ0) is 15.0. The van der Waals surface area contributed by atoms with E-state index < -0.39 is 0 Å². The molecule has 118 valence electrons. The Labute approximate surface area is 123 Å². The molecule has 20 heavy (non-hydrogen) atoms. The van der Waals surface area contributed by atoms with Crippen molar-refractivity contribution in [1.82, 2.24) is 10.2 Å². The zero-order valence-electron chi connectivity index (χ0n) is 13.4. The summed E-state index contributed by atoms with van der Waals surface area (Å²) in [6, 6.07) is -0.0127. The summed E-state index contributed by atoms with van der Waals surface area (Å²) in [5.74, 6) is 0.636. The van der Waals surface area contributed by atoms with Crippen molar-refractivity contribution in [3.8, 4) is 0 Å². The fourth-order valence-corrected chi connectivity index (χ4v) is 2.53. The van der Waals surface area contributed by atoms with Crippen molar-refractivity contribution in [1.29, 1.82) is 0 Å². The Kier molecular flexibility index (Phi) is 8.11. The van der Waals surface area contributed by atoms with E-state index in [1.807, 2.05) is 4.90 Å². The highest BCUT2D eigenvalue weighted by Gasteiger charge is 2.39. The number of amides is 1.